The number of nitrogen functional groups attached to an aromatic ring is 1. The van der Waals surface area contributed by atoms with Crippen molar-refractivity contribution in [3.63, 3.8) is 0 Å². The van der Waals surface area contributed by atoms with E-state index in [4.69, 9.17) is 5.84 Å². The third-order valence-electron chi connectivity index (χ3n) is 4.77. The normalized spacial score (nSPS) is 14.6. The molecule has 3 aromatic rings. The molecule has 2 N–H and O–H groups in total. The van der Waals surface area contributed by atoms with Crippen molar-refractivity contribution in [1.29, 1.82) is 0 Å². The predicted octanol–water partition coefficient (Wildman–Crippen LogP) is 2.72. The smallest absolute Gasteiger partial charge is 0.236 e. The number of fused-ring (bicyclic) bond motifs is 1. The van der Waals surface area contributed by atoms with Gasteiger partial charge in [-0.3, -0.25) is 4.79 Å². The molecule has 0 saturated heterocycles. The summed E-state index contributed by atoms with van der Waals surface area (Å²) in [6.45, 7) is 3.29. The molecule has 1 atom stereocenters. The van der Waals surface area contributed by atoms with Crippen LogP contribution >= 0.6 is 11.8 Å². The summed E-state index contributed by atoms with van der Waals surface area (Å²) in [5.74, 6) is 6.86. The monoisotopic (exact) mass is 379 g/mol. The number of aromatic nitrogens is 3. The SMILES string of the molecule is CC(Sc1nnc(-c2ccccc2)n1N)C(=O)N1CCc2ccccc2C1. The van der Waals surface area contributed by atoms with Gasteiger partial charge in [0.25, 0.3) is 0 Å². The second kappa shape index (κ2) is 7.44. The number of hydrogen-bond donors (Lipinski definition) is 1. The van der Waals surface area contributed by atoms with Crippen molar-refractivity contribution in [3.8, 4) is 11.4 Å². The summed E-state index contributed by atoms with van der Waals surface area (Å²) in [5, 5.41) is 8.61. The first-order valence-corrected chi connectivity index (χ1v) is 9.79. The number of hydrogen-bond acceptors (Lipinski definition) is 5. The Bertz CT molecular complexity index is 956. The van der Waals surface area contributed by atoms with E-state index in [-0.39, 0.29) is 11.2 Å². The molecule has 138 valence electrons. The highest BCUT2D eigenvalue weighted by molar-refractivity contribution is 8.00. The summed E-state index contributed by atoms with van der Waals surface area (Å²) in [5.41, 5.74) is 3.45. The van der Waals surface area contributed by atoms with Crippen molar-refractivity contribution in [2.45, 2.75) is 30.3 Å². The van der Waals surface area contributed by atoms with E-state index in [0.29, 0.717) is 17.5 Å². The lowest BCUT2D eigenvalue weighted by atomic mass is 10.00. The Hall–Kier alpha value is -2.80. The van der Waals surface area contributed by atoms with Crippen molar-refractivity contribution in [3.05, 3.63) is 65.7 Å². The van der Waals surface area contributed by atoms with Gasteiger partial charge in [0.05, 0.1) is 5.25 Å². The van der Waals surface area contributed by atoms with Crippen molar-refractivity contribution in [2.75, 3.05) is 12.4 Å². The number of thioether (sulfide) groups is 1. The van der Waals surface area contributed by atoms with Gasteiger partial charge in [-0.25, -0.2) is 4.68 Å². The van der Waals surface area contributed by atoms with Crippen LogP contribution < -0.4 is 5.84 Å². The van der Waals surface area contributed by atoms with Gasteiger partial charge in [-0.05, 0) is 24.5 Å². The Morgan fingerprint density at radius 1 is 1.07 bits per heavy atom. The molecule has 0 aliphatic carbocycles. The zero-order valence-corrected chi connectivity index (χ0v) is 15.9. The first kappa shape index (κ1) is 17.6. The second-order valence-electron chi connectivity index (χ2n) is 6.58. The van der Waals surface area contributed by atoms with E-state index in [9.17, 15) is 4.79 Å². The number of benzene rings is 2. The quantitative estimate of drug-likeness (QED) is 0.557. The molecule has 1 aromatic heterocycles. The molecule has 1 amide bonds. The zero-order chi connectivity index (χ0) is 18.8. The van der Waals surface area contributed by atoms with Gasteiger partial charge >= 0.3 is 0 Å². The summed E-state index contributed by atoms with van der Waals surface area (Å²) in [7, 11) is 0. The van der Waals surface area contributed by atoms with Crippen LogP contribution in [-0.4, -0.2) is 37.5 Å². The van der Waals surface area contributed by atoms with Crippen LogP contribution in [-0.2, 0) is 17.8 Å². The number of nitrogens with two attached hydrogens (primary N) is 1. The van der Waals surface area contributed by atoms with Crippen LogP contribution in [0.5, 0.6) is 0 Å². The summed E-state index contributed by atoms with van der Waals surface area (Å²) in [4.78, 5) is 14.8. The minimum Gasteiger partial charge on any atom is -0.337 e. The van der Waals surface area contributed by atoms with Gasteiger partial charge in [0.2, 0.25) is 11.1 Å². The molecule has 0 bridgehead atoms. The molecule has 2 heterocycles. The third-order valence-corrected chi connectivity index (χ3v) is 5.81. The largest absolute Gasteiger partial charge is 0.337 e. The lowest BCUT2D eigenvalue weighted by molar-refractivity contribution is -0.131. The van der Waals surface area contributed by atoms with Crippen molar-refractivity contribution < 1.29 is 4.79 Å². The molecular weight excluding hydrogens is 358 g/mol. The molecule has 7 heteroatoms. The van der Waals surface area contributed by atoms with E-state index >= 15 is 0 Å². The maximum absolute atomic E-state index is 12.9. The van der Waals surface area contributed by atoms with Crippen LogP contribution in [0, 0.1) is 0 Å². The fraction of sp³-hybridized carbons (Fsp3) is 0.250. The van der Waals surface area contributed by atoms with Gasteiger partial charge in [-0.2, -0.15) is 0 Å². The minimum atomic E-state index is -0.287. The molecule has 27 heavy (non-hydrogen) atoms. The topological polar surface area (TPSA) is 77.0 Å². The van der Waals surface area contributed by atoms with E-state index < -0.39 is 0 Å². The fourth-order valence-corrected chi connectivity index (χ4v) is 4.15. The van der Waals surface area contributed by atoms with Crippen LogP contribution in [0.4, 0.5) is 0 Å². The summed E-state index contributed by atoms with van der Waals surface area (Å²) in [6.07, 6.45) is 0.893. The maximum Gasteiger partial charge on any atom is 0.236 e. The number of carbonyl (C=O) groups excluding carboxylic acids is 1. The highest BCUT2D eigenvalue weighted by Crippen LogP contribution is 2.27. The van der Waals surface area contributed by atoms with Gasteiger partial charge in [-0.1, -0.05) is 66.4 Å². The van der Waals surface area contributed by atoms with Crippen LogP contribution in [0.1, 0.15) is 18.1 Å². The fourth-order valence-electron chi connectivity index (χ4n) is 3.29. The van der Waals surface area contributed by atoms with Crippen molar-refractivity contribution in [2.24, 2.45) is 0 Å². The first-order chi connectivity index (χ1) is 13.1. The number of rotatable bonds is 4. The molecule has 0 saturated carbocycles. The van der Waals surface area contributed by atoms with E-state index in [1.165, 1.54) is 27.6 Å². The Morgan fingerprint density at radius 3 is 2.56 bits per heavy atom. The van der Waals surface area contributed by atoms with E-state index in [1.54, 1.807) is 0 Å². The van der Waals surface area contributed by atoms with Crippen LogP contribution in [0.25, 0.3) is 11.4 Å². The molecule has 1 aliphatic rings. The second-order valence-corrected chi connectivity index (χ2v) is 7.89. The number of nitrogens with zero attached hydrogens (tertiary/aromatic N) is 4. The van der Waals surface area contributed by atoms with Crippen molar-refractivity contribution in [1.82, 2.24) is 19.8 Å². The van der Waals surface area contributed by atoms with E-state index in [2.05, 4.69) is 22.3 Å². The third kappa shape index (κ3) is 3.55. The molecule has 0 radical (unpaired) electrons. The maximum atomic E-state index is 12.9. The van der Waals surface area contributed by atoms with E-state index in [1.807, 2.05) is 54.3 Å². The summed E-state index contributed by atoms with van der Waals surface area (Å²) < 4.78 is 1.45. The highest BCUT2D eigenvalue weighted by atomic mass is 32.2. The average molecular weight is 379 g/mol. The Labute approximate surface area is 162 Å². The summed E-state index contributed by atoms with van der Waals surface area (Å²) >= 11 is 1.34. The number of amides is 1. The molecule has 0 fully saturated rings. The zero-order valence-electron chi connectivity index (χ0n) is 15.1. The van der Waals surface area contributed by atoms with Gasteiger partial charge in [0.1, 0.15) is 0 Å². The van der Waals surface area contributed by atoms with Crippen LogP contribution in [0.15, 0.2) is 59.8 Å². The Kier molecular flexibility index (Phi) is 4.85. The lowest BCUT2D eigenvalue weighted by Crippen LogP contribution is -2.40. The van der Waals surface area contributed by atoms with Crippen molar-refractivity contribution >= 4 is 17.7 Å². The lowest BCUT2D eigenvalue weighted by Gasteiger charge is -2.30. The highest BCUT2D eigenvalue weighted by Gasteiger charge is 2.27. The first-order valence-electron chi connectivity index (χ1n) is 8.91. The molecule has 6 nitrogen and oxygen atoms in total. The van der Waals surface area contributed by atoms with Gasteiger partial charge in [0.15, 0.2) is 5.82 Å². The van der Waals surface area contributed by atoms with Gasteiger partial charge in [0, 0.05) is 18.7 Å². The van der Waals surface area contributed by atoms with Crippen LogP contribution in [0.2, 0.25) is 0 Å². The molecule has 4 rings (SSSR count). The van der Waals surface area contributed by atoms with Crippen LogP contribution in [0.3, 0.4) is 0 Å². The average Bonchev–Trinajstić information content (AvgIpc) is 3.08. The molecular formula is C20H21N5OS. The van der Waals surface area contributed by atoms with Gasteiger partial charge < -0.3 is 10.7 Å². The minimum absolute atomic E-state index is 0.0961. The van der Waals surface area contributed by atoms with Gasteiger partial charge in [-0.15, -0.1) is 10.2 Å². The molecule has 1 unspecified atom stereocenters. The standard InChI is InChI=1S/C20H21N5OS/c1-14(19(26)24-12-11-15-7-5-6-10-17(15)13-24)27-20-23-22-18(25(20)21)16-8-3-2-4-9-16/h2-10,14H,11-13,21H2,1H3. The molecule has 2 aromatic carbocycles. The Morgan fingerprint density at radius 2 is 1.78 bits per heavy atom. The Balaban J connectivity index is 1.46. The predicted molar refractivity (Wildman–Crippen MR) is 106 cm³/mol. The molecule has 0 spiro atoms. The van der Waals surface area contributed by atoms with E-state index in [0.717, 1.165) is 18.5 Å². The number of carbonyl (C=O) groups is 1. The summed E-state index contributed by atoms with van der Waals surface area (Å²) in [6, 6.07) is 18.0. The molecule has 1 aliphatic heterocycles.